The largest absolute Gasteiger partial charge is 0.493 e. The molecule has 0 aliphatic carbocycles. The summed E-state index contributed by atoms with van der Waals surface area (Å²) in [5.41, 5.74) is 0.725. The number of rotatable bonds is 12. The van der Waals surface area contributed by atoms with Crippen LogP contribution in [-0.4, -0.2) is 28.2 Å². The van der Waals surface area contributed by atoms with Crippen LogP contribution >= 0.6 is 0 Å². The number of ether oxygens (including phenoxy) is 1. The van der Waals surface area contributed by atoms with Crippen LogP contribution in [0.5, 0.6) is 5.75 Å². The molecule has 41 heavy (non-hydrogen) atoms. The third kappa shape index (κ3) is 7.52. The summed E-state index contributed by atoms with van der Waals surface area (Å²) in [6.45, 7) is 4.10. The molecule has 3 aromatic carbocycles. The molecule has 4 rings (SSSR count). The van der Waals surface area contributed by atoms with E-state index in [0.29, 0.717) is 35.6 Å². The number of halogens is 4. The van der Waals surface area contributed by atoms with Crippen molar-refractivity contribution in [3.05, 3.63) is 107 Å². The fourth-order valence-electron chi connectivity index (χ4n) is 4.39. The summed E-state index contributed by atoms with van der Waals surface area (Å²) in [4.78, 5) is 16.7. The predicted molar refractivity (Wildman–Crippen MR) is 145 cm³/mol. The summed E-state index contributed by atoms with van der Waals surface area (Å²) in [6.07, 6.45) is -3.41. The highest BCUT2D eigenvalue weighted by atomic mass is 19.4. The zero-order chi connectivity index (χ0) is 29.6. The number of aromatic nitrogens is 1. The standard InChI is InChI=1S/C31H30F4N2O4/c1-3-30(29(38)39,36-19-22-4-12-25(32)13-5-22)18-21-6-14-26(15-7-21)40-17-16-27-20(2)41-28(37-27)23-8-10-24(11-9-23)31(33,34)35/h4-15,36H,3,16-19H2,1-2H3,(H,38,39). The van der Waals surface area contributed by atoms with Gasteiger partial charge >= 0.3 is 12.1 Å². The lowest BCUT2D eigenvalue weighted by molar-refractivity contribution is -0.145. The number of benzene rings is 3. The topological polar surface area (TPSA) is 84.6 Å². The van der Waals surface area contributed by atoms with Crippen LogP contribution in [0.3, 0.4) is 0 Å². The molecule has 0 fully saturated rings. The van der Waals surface area contributed by atoms with Crippen molar-refractivity contribution in [2.45, 2.75) is 51.4 Å². The minimum absolute atomic E-state index is 0.237. The lowest BCUT2D eigenvalue weighted by Crippen LogP contribution is -2.53. The van der Waals surface area contributed by atoms with E-state index in [1.807, 2.05) is 12.1 Å². The minimum atomic E-state index is -4.41. The van der Waals surface area contributed by atoms with Crippen LogP contribution in [0, 0.1) is 12.7 Å². The normalized spacial score (nSPS) is 13.1. The highest BCUT2D eigenvalue weighted by Gasteiger charge is 2.36. The van der Waals surface area contributed by atoms with Gasteiger partial charge in [0.25, 0.3) is 0 Å². The Labute approximate surface area is 235 Å². The Morgan fingerprint density at radius 1 is 0.976 bits per heavy atom. The smallest absolute Gasteiger partial charge is 0.416 e. The van der Waals surface area contributed by atoms with E-state index in [1.165, 1.54) is 24.3 Å². The molecule has 0 saturated heterocycles. The van der Waals surface area contributed by atoms with Crippen molar-refractivity contribution in [3.63, 3.8) is 0 Å². The van der Waals surface area contributed by atoms with Crippen molar-refractivity contribution < 1.29 is 36.6 Å². The van der Waals surface area contributed by atoms with Crippen molar-refractivity contribution in [3.8, 4) is 17.2 Å². The van der Waals surface area contributed by atoms with Gasteiger partial charge in [0.1, 0.15) is 22.9 Å². The Morgan fingerprint density at radius 3 is 2.20 bits per heavy atom. The van der Waals surface area contributed by atoms with E-state index in [2.05, 4.69) is 10.3 Å². The van der Waals surface area contributed by atoms with Crippen LogP contribution in [0.25, 0.3) is 11.5 Å². The Balaban J connectivity index is 1.33. The van der Waals surface area contributed by atoms with Gasteiger partial charge in [-0.1, -0.05) is 31.2 Å². The molecule has 1 aromatic heterocycles. The molecule has 1 unspecified atom stereocenters. The first-order chi connectivity index (χ1) is 19.5. The number of aryl methyl sites for hydroxylation is 1. The van der Waals surface area contributed by atoms with Gasteiger partial charge in [0, 0.05) is 24.9 Å². The van der Waals surface area contributed by atoms with Gasteiger partial charge in [-0.15, -0.1) is 0 Å². The van der Waals surface area contributed by atoms with Crippen LogP contribution in [0.4, 0.5) is 17.6 Å². The number of nitrogens with one attached hydrogen (secondary N) is 1. The number of aliphatic carboxylic acids is 1. The molecule has 0 aliphatic heterocycles. The van der Waals surface area contributed by atoms with Gasteiger partial charge < -0.3 is 14.3 Å². The van der Waals surface area contributed by atoms with Gasteiger partial charge in [0.05, 0.1) is 17.9 Å². The maximum Gasteiger partial charge on any atom is 0.416 e. The van der Waals surface area contributed by atoms with E-state index in [1.54, 1.807) is 38.1 Å². The number of hydrogen-bond acceptors (Lipinski definition) is 5. The van der Waals surface area contributed by atoms with Gasteiger partial charge in [0.15, 0.2) is 0 Å². The number of hydrogen-bond donors (Lipinski definition) is 2. The average Bonchev–Trinajstić information content (AvgIpc) is 3.32. The molecule has 6 nitrogen and oxygen atoms in total. The molecular formula is C31H30F4N2O4. The summed E-state index contributed by atoms with van der Waals surface area (Å²) in [5.74, 6) is 0.0590. The van der Waals surface area contributed by atoms with Gasteiger partial charge in [-0.25, -0.2) is 9.37 Å². The van der Waals surface area contributed by atoms with Gasteiger partial charge in [0.2, 0.25) is 5.89 Å². The zero-order valence-electron chi connectivity index (χ0n) is 22.6. The molecule has 10 heteroatoms. The van der Waals surface area contributed by atoms with Crippen molar-refractivity contribution in [2.24, 2.45) is 0 Å². The molecule has 0 saturated carbocycles. The second kappa shape index (κ2) is 12.6. The van der Waals surface area contributed by atoms with E-state index < -0.39 is 23.2 Å². The third-order valence-electron chi connectivity index (χ3n) is 6.95. The van der Waals surface area contributed by atoms with E-state index >= 15 is 0 Å². The van der Waals surface area contributed by atoms with E-state index in [9.17, 15) is 27.5 Å². The maximum absolute atomic E-state index is 13.2. The average molecular weight is 571 g/mol. The summed E-state index contributed by atoms with van der Waals surface area (Å²) in [6, 6.07) is 17.7. The molecular weight excluding hydrogens is 540 g/mol. The number of carboxylic acids is 1. The fraction of sp³-hybridized carbons (Fsp3) is 0.290. The van der Waals surface area contributed by atoms with Crippen molar-refractivity contribution in [1.82, 2.24) is 10.3 Å². The third-order valence-corrected chi connectivity index (χ3v) is 6.95. The number of alkyl halides is 3. The van der Waals surface area contributed by atoms with E-state index in [0.717, 1.165) is 23.3 Å². The number of oxazole rings is 1. The molecule has 216 valence electrons. The lowest BCUT2D eigenvalue weighted by Gasteiger charge is -2.30. The van der Waals surface area contributed by atoms with Crippen LogP contribution < -0.4 is 10.1 Å². The molecule has 1 atom stereocenters. The highest BCUT2D eigenvalue weighted by molar-refractivity contribution is 5.79. The predicted octanol–water partition coefficient (Wildman–Crippen LogP) is 7.00. The Morgan fingerprint density at radius 2 is 1.61 bits per heavy atom. The number of carboxylic acid groups (broad SMARTS) is 1. The second-order valence-electron chi connectivity index (χ2n) is 9.74. The molecule has 4 aromatic rings. The van der Waals surface area contributed by atoms with Crippen molar-refractivity contribution in [2.75, 3.05) is 6.61 Å². The van der Waals surface area contributed by atoms with Gasteiger partial charge in [-0.2, -0.15) is 13.2 Å². The van der Waals surface area contributed by atoms with Crippen LogP contribution in [-0.2, 0) is 30.4 Å². The first-order valence-electron chi connectivity index (χ1n) is 13.1. The van der Waals surface area contributed by atoms with Crippen molar-refractivity contribution in [1.29, 1.82) is 0 Å². The Hall–Kier alpha value is -4.18. The van der Waals surface area contributed by atoms with E-state index in [4.69, 9.17) is 9.15 Å². The lowest BCUT2D eigenvalue weighted by atomic mass is 9.87. The molecule has 1 heterocycles. The fourth-order valence-corrected chi connectivity index (χ4v) is 4.39. The Bertz CT molecular complexity index is 1450. The summed E-state index contributed by atoms with van der Waals surface area (Å²) < 4.78 is 63.2. The highest BCUT2D eigenvalue weighted by Crippen LogP contribution is 2.31. The molecule has 2 N–H and O–H groups in total. The summed E-state index contributed by atoms with van der Waals surface area (Å²) in [7, 11) is 0. The number of carbonyl (C=O) groups is 1. The SMILES string of the molecule is CCC(Cc1ccc(OCCc2nc(-c3ccc(C(F)(F)F)cc3)oc2C)cc1)(NCc1ccc(F)cc1)C(=O)O. The van der Waals surface area contributed by atoms with Crippen LogP contribution in [0.1, 0.15) is 41.5 Å². The molecule has 0 aliphatic rings. The van der Waals surface area contributed by atoms with Gasteiger partial charge in [-0.3, -0.25) is 10.1 Å². The molecule has 0 amide bonds. The zero-order valence-corrected chi connectivity index (χ0v) is 22.6. The minimum Gasteiger partial charge on any atom is -0.493 e. The van der Waals surface area contributed by atoms with E-state index in [-0.39, 0.29) is 31.3 Å². The maximum atomic E-state index is 13.2. The molecule has 0 bridgehead atoms. The van der Waals surface area contributed by atoms with Crippen LogP contribution in [0.2, 0.25) is 0 Å². The second-order valence-corrected chi connectivity index (χ2v) is 9.74. The quantitative estimate of drug-likeness (QED) is 0.179. The first-order valence-corrected chi connectivity index (χ1v) is 13.1. The monoisotopic (exact) mass is 570 g/mol. The summed E-state index contributed by atoms with van der Waals surface area (Å²) >= 11 is 0. The summed E-state index contributed by atoms with van der Waals surface area (Å²) in [5, 5.41) is 13.2. The molecule has 0 spiro atoms. The number of nitrogens with zero attached hydrogens (tertiary/aromatic N) is 1. The van der Waals surface area contributed by atoms with Gasteiger partial charge in [-0.05, 0) is 73.0 Å². The Kier molecular flexibility index (Phi) is 9.12. The molecule has 0 radical (unpaired) electrons. The first kappa shape index (κ1) is 29.8. The van der Waals surface area contributed by atoms with Crippen LogP contribution in [0.15, 0.2) is 77.2 Å². The van der Waals surface area contributed by atoms with Crippen molar-refractivity contribution >= 4 is 5.97 Å².